The van der Waals surface area contributed by atoms with Gasteiger partial charge in [-0.25, -0.2) is 4.68 Å². The van der Waals surface area contributed by atoms with E-state index < -0.39 is 18.7 Å². The molecule has 7 heteroatoms. The fourth-order valence-electron chi connectivity index (χ4n) is 2.74. The Labute approximate surface area is 145 Å². The van der Waals surface area contributed by atoms with Crippen LogP contribution in [0.15, 0.2) is 30.3 Å². The number of nitrogens with zero attached hydrogens (tertiary/aromatic N) is 2. The number of alkyl halides is 2. The number of nitrogens with one attached hydrogen (secondary N) is 1. The van der Waals surface area contributed by atoms with Crippen LogP contribution in [-0.4, -0.2) is 32.9 Å². The van der Waals surface area contributed by atoms with E-state index >= 15 is 0 Å². The van der Waals surface area contributed by atoms with Gasteiger partial charge < -0.3 is 10.4 Å². The topological polar surface area (TPSA) is 67.2 Å². The minimum atomic E-state index is -2.73. The maximum absolute atomic E-state index is 12.8. The van der Waals surface area contributed by atoms with Crippen LogP contribution in [0, 0.1) is 13.8 Å². The first-order valence-electron chi connectivity index (χ1n) is 8.13. The third-order valence-electron chi connectivity index (χ3n) is 4.25. The van der Waals surface area contributed by atoms with Crippen molar-refractivity contribution in [2.24, 2.45) is 0 Å². The number of aromatic nitrogens is 2. The van der Waals surface area contributed by atoms with Gasteiger partial charge in [0, 0.05) is 17.7 Å². The predicted molar refractivity (Wildman–Crippen MR) is 90.4 cm³/mol. The molecule has 2 atom stereocenters. The molecular weight excluding hydrogens is 328 g/mol. The van der Waals surface area contributed by atoms with Crippen molar-refractivity contribution < 1.29 is 18.7 Å². The van der Waals surface area contributed by atoms with E-state index in [0.717, 1.165) is 5.56 Å². The van der Waals surface area contributed by atoms with Gasteiger partial charge in [0.05, 0.1) is 24.3 Å². The highest BCUT2D eigenvalue weighted by Gasteiger charge is 2.21. The summed E-state index contributed by atoms with van der Waals surface area (Å²) < 4.78 is 26.3. The number of halogens is 2. The van der Waals surface area contributed by atoms with Gasteiger partial charge in [-0.15, -0.1) is 0 Å². The van der Waals surface area contributed by atoms with E-state index in [2.05, 4.69) is 10.4 Å². The van der Waals surface area contributed by atoms with Gasteiger partial charge in [0.15, 0.2) is 0 Å². The molecule has 0 aliphatic heterocycles. The van der Waals surface area contributed by atoms with E-state index in [1.807, 2.05) is 30.3 Å². The van der Waals surface area contributed by atoms with E-state index in [9.17, 15) is 18.7 Å². The van der Waals surface area contributed by atoms with Gasteiger partial charge in [-0.05, 0) is 26.3 Å². The van der Waals surface area contributed by atoms with Crippen LogP contribution in [0.4, 0.5) is 8.78 Å². The molecule has 0 unspecified atom stereocenters. The number of carbonyl (C=O) groups is 1. The summed E-state index contributed by atoms with van der Waals surface area (Å²) in [5, 5.41) is 16.7. The molecule has 0 aliphatic carbocycles. The highest BCUT2D eigenvalue weighted by molar-refractivity contribution is 5.79. The second kappa shape index (κ2) is 8.20. The molecule has 0 saturated carbocycles. The average Bonchev–Trinajstić information content (AvgIpc) is 2.84. The van der Waals surface area contributed by atoms with Crippen molar-refractivity contribution in [3.63, 3.8) is 0 Å². The lowest BCUT2D eigenvalue weighted by molar-refractivity contribution is -0.121. The minimum Gasteiger partial charge on any atom is -0.391 e. The SMILES string of the molecule is Cc1nn(C(F)F)c(C)c1CC(=O)N[C@@H](C)[C@H](O)Cc1ccccc1. The molecule has 25 heavy (non-hydrogen) atoms. The fourth-order valence-corrected chi connectivity index (χ4v) is 2.74. The van der Waals surface area contributed by atoms with Gasteiger partial charge in [-0.1, -0.05) is 30.3 Å². The van der Waals surface area contributed by atoms with Crippen LogP contribution in [-0.2, 0) is 17.6 Å². The van der Waals surface area contributed by atoms with Gasteiger partial charge in [0.1, 0.15) is 0 Å². The van der Waals surface area contributed by atoms with Crippen LogP contribution < -0.4 is 5.32 Å². The molecule has 2 aromatic rings. The van der Waals surface area contributed by atoms with Crippen molar-refractivity contribution in [1.29, 1.82) is 0 Å². The Hall–Kier alpha value is -2.28. The largest absolute Gasteiger partial charge is 0.391 e. The van der Waals surface area contributed by atoms with E-state index in [1.165, 1.54) is 6.92 Å². The summed E-state index contributed by atoms with van der Waals surface area (Å²) in [5.41, 5.74) is 2.15. The normalized spacial score (nSPS) is 13.7. The number of hydrogen-bond acceptors (Lipinski definition) is 3. The van der Waals surface area contributed by atoms with Gasteiger partial charge in [0.2, 0.25) is 5.91 Å². The lowest BCUT2D eigenvalue weighted by Gasteiger charge is -2.20. The maximum atomic E-state index is 12.8. The van der Waals surface area contributed by atoms with E-state index in [-0.39, 0.29) is 18.0 Å². The average molecular weight is 351 g/mol. The summed E-state index contributed by atoms with van der Waals surface area (Å²) in [6.45, 7) is 2.10. The summed E-state index contributed by atoms with van der Waals surface area (Å²) in [6, 6.07) is 9.02. The number of aliphatic hydroxyl groups is 1. The lowest BCUT2D eigenvalue weighted by atomic mass is 10.0. The van der Waals surface area contributed by atoms with Gasteiger partial charge in [0.25, 0.3) is 0 Å². The third-order valence-corrected chi connectivity index (χ3v) is 4.25. The van der Waals surface area contributed by atoms with Crippen LogP contribution in [0.5, 0.6) is 0 Å². The van der Waals surface area contributed by atoms with Crippen molar-refractivity contribution in [3.05, 3.63) is 52.8 Å². The van der Waals surface area contributed by atoms with Crippen LogP contribution in [0.2, 0.25) is 0 Å². The highest BCUT2D eigenvalue weighted by atomic mass is 19.3. The number of aryl methyl sites for hydroxylation is 1. The molecule has 136 valence electrons. The Balaban J connectivity index is 1.95. The first-order valence-corrected chi connectivity index (χ1v) is 8.13. The maximum Gasteiger partial charge on any atom is 0.333 e. The predicted octanol–water partition coefficient (Wildman–Crippen LogP) is 2.55. The summed E-state index contributed by atoms with van der Waals surface area (Å²) in [7, 11) is 0. The molecule has 1 amide bonds. The zero-order chi connectivity index (χ0) is 18.6. The molecule has 0 spiro atoms. The Bertz CT molecular complexity index is 717. The van der Waals surface area contributed by atoms with E-state index in [1.54, 1.807) is 13.8 Å². The molecule has 2 rings (SSSR count). The Morgan fingerprint density at radius 3 is 2.48 bits per heavy atom. The zero-order valence-corrected chi connectivity index (χ0v) is 14.5. The Kier molecular flexibility index (Phi) is 6.25. The molecule has 5 nitrogen and oxygen atoms in total. The summed E-state index contributed by atoms with van der Waals surface area (Å²) in [4.78, 5) is 12.2. The fraction of sp³-hybridized carbons (Fsp3) is 0.444. The second-order valence-corrected chi connectivity index (χ2v) is 6.16. The molecule has 1 heterocycles. The quantitative estimate of drug-likeness (QED) is 0.806. The number of carbonyl (C=O) groups excluding carboxylic acids is 1. The summed E-state index contributed by atoms with van der Waals surface area (Å²) in [5.74, 6) is -0.334. The number of hydrogen-bond donors (Lipinski definition) is 2. The van der Waals surface area contributed by atoms with E-state index in [4.69, 9.17) is 0 Å². The number of amides is 1. The zero-order valence-electron chi connectivity index (χ0n) is 14.5. The Morgan fingerprint density at radius 2 is 1.92 bits per heavy atom. The third kappa shape index (κ3) is 4.85. The minimum absolute atomic E-state index is 0.0488. The van der Waals surface area contributed by atoms with Crippen LogP contribution in [0.25, 0.3) is 0 Å². The molecule has 0 fully saturated rings. The molecule has 1 aromatic heterocycles. The second-order valence-electron chi connectivity index (χ2n) is 6.16. The molecule has 0 bridgehead atoms. The molecule has 0 aliphatic rings. The van der Waals surface area contributed by atoms with Gasteiger partial charge in [-0.2, -0.15) is 13.9 Å². The van der Waals surface area contributed by atoms with Crippen molar-refractivity contribution in [3.8, 4) is 0 Å². The molecule has 2 N–H and O–H groups in total. The number of rotatable bonds is 7. The van der Waals surface area contributed by atoms with Crippen LogP contribution in [0.3, 0.4) is 0 Å². The standard InChI is InChI=1S/C18H23F2N3O2/c1-11-15(13(3)23(22-11)18(19)20)10-17(25)21-12(2)16(24)9-14-7-5-4-6-8-14/h4-8,12,16,18,24H,9-10H2,1-3H3,(H,21,25)/t12-,16+/m0/s1. The molecular formula is C18H23F2N3O2. The van der Waals surface area contributed by atoms with Crippen molar-refractivity contribution >= 4 is 5.91 Å². The van der Waals surface area contributed by atoms with E-state index in [0.29, 0.717) is 22.4 Å². The van der Waals surface area contributed by atoms with Crippen LogP contribution in [0.1, 0.15) is 36.0 Å². The smallest absolute Gasteiger partial charge is 0.333 e. The number of aliphatic hydroxyl groups excluding tert-OH is 1. The highest BCUT2D eigenvalue weighted by Crippen LogP contribution is 2.19. The van der Waals surface area contributed by atoms with Gasteiger partial charge >= 0.3 is 6.55 Å². The first-order chi connectivity index (χ1) is 11.8. The first kappa shape index (κ1) is 19.1. The van der Waals surface area contributed by atoms with Crippen molar-refractivity contribution in [2.45, 2.75) is 52.3 Å². The summed E-state index contributed by atoms with van der Waals surface area (Å²) >= 11 is 0. The molecule has 0 saturated heterocycles. The van der Waals surface area contributed by atoms with Crippen LogP contribution >= 0.6 is 0 Å². The van der Waals surface area contributed by atoms with Gasteiger partial charge in [-0.3, -0.25) is 4.79 Å². The summed E-state index contributed by atoms with van der Waals surface area (Å²) in [6.07, 6.45) is -0.367. The lowest BCUT2D eigenvalue weighted by Crippen LogP contribution is -2.42. The monoisotopic (exact) mass is 351 g/mol. The van der Waals surface area contributed by atoms with Crippen molar-refractivity contribution in [1.82, 2.24) is 15.1 Å². The van der Waals surface area contributed by atoms with Crippen molar-refractivity contribution in [2.75, 3.05) is 0 Å². The number of benzene rings is 1. The molecule has 1 aromatic carbocycles. The Morgan fingerprint density at radius 1 is 1.28 bits per heavy atom. The molecule has 0 radical (unpaired) electrons.